The van der Waals surface area contributed by atoms with Gasteiger partial charge in [-0.15, -0.1) is 11.3 Å². The number of rotatable bonds is 3. The highest BCUT2D eigenvalue weighted by atomic mass is 32.1. The summed E-state index contributed by atoms with van der Waals surface area (Å²) in [5.74, 6) is -0.399. The first kappa shape index (κ1) is 13.7. The summed E-state index contributed by atoms with van der Waals surface area (Å²) in [6, 6.07) is 17.0. The molecule has 2 N–H and O–H groups in total. The van der Waals surface area contributed by atoms with E-state index in [2.05, 4.69) is 15.0 Å². The van der Waals surface area contributed by atoms with Crippen molar-refractivity contribution in [1.82, 2.24) is 15.0 Å². The van der Waals surface area contributed by atoms with Crippen molar-refractivity contribution in [1.29, 1.82) is 0 Å². The van der Waals surface area contributed by atoms with Crippen LogP contribution >= 0.6 is 11.3 Å². The van der Waals surface area contributed by atoms with E-state index in [0.717, 1.165) is 27.9 Å². The quantitative estimate of drug-likeness (QED) is 0.596. The number of nitrogens with one attached hydrogen (secondary N) is 1. The van der Waals surface area contributed by atoms with E-state index in [-0.39, 0.29) is 4.88 Å². The summed E-state index contributed by atoms with van der Waals surface area (Å²) in [5.41, 5.74) is 2.98. The lowest BCUT2D eigenvalue weighted by Gasteiger charge is -1.97. The third kappa shape index (κ3) is 2.39. The van der Waals surface area contributed by atoms with Crippen molar-refractivity contribution in [3.63, 3.8) is 0 Å². The molecule has 0 radical (unpaired) electrons. The number of carboxylic acid groups (broad SMARTS) is 1. The molecule has 2 aromatic heterocycles. The number of hydrogen-bond donors (Lipinski definition) is 2. The first-order valence-electron chi connectivity index (χ1n) is 6.97. The number of thiazole rings is 1. The van der Waals surface area contributed by atoms with Gasteiger partial charge in [-0.3, -0.25) is 0 Å². The van der Waals surface area contributed by atoms with Gasteiger partial charge in [-0.05, 0) is 12.1 Å². The number of nitrogens with zero attached hydrogens (tertiary/aromatic N) is 2. The lowest BCUT2D eigenvalue weighted by Crippen LogP contribution is -1.95. The summed E-state index contributed by atoms with van der Waals surface area (Å²) in [6.45, 7) is 0. The van der Waals surface area contributed by atoms with E-state index < -0.39 is 5.97 Å². The van der Waals surface area contributed by atoms with Gasteiger partial charge >= 0.3 is 5.97 Å². The molecule has 0 saturated carbocycles. The number of para-hydroxylation sites is 2. The van der Waals surface area contributed by atoms with Gasteiger partial charge in [0, 0.05) is 5.56 Å². The molecule has 0 bridgehead atoms. The van der Waals surface area contributed by atoms with E-state index >= 15 is 0 Å². The van der Waals surface area contributed by atoms with Crippen molar-refractivity contribution >= 4 is 28.3 Å². The molecule has 5 nitrogen and oxygen atoms in total. The minimum absolute atomic E-state index is 0.214. The zero-order valence-electron chi connectivity index (χ0n) is 11.9. The van der Waals surface area contributed by atoms with Gasteiger partial charge < -0.3 is 10.1 Å². The minimum Gasteiger partial charge on any atom is -0.477 e. The van der Waals surface area contributed by atoms with Crippen LogP contribution in [0, 0.1) is 0 Å². The van der Waals surface area contributed by atoms with Gasteiger partial charge in [0.05, 0.1) is 16.7 Å². The van der Waals surface area contributed by atoms with Crippen LogP contribution < -0.4 is 0 Å². The average molecular weight is 321 g/mol. The van der Waals surface area contributed by atoms with Gasteiger partial charge in [0.25, 0.3) is 0 Å². The second-order valence-electron chi connectivity index (χ2n) is 4.97. The van der Waals surface area contributed by atoms with Crippen molar-refractivity contribution in [2.75, 3.05) is 0 Å². The number of aromatic nitrogens is 3. The molecule has 0 saturated heterocycles. The summed E-state index contributed by atoms with van der Waals surface area (Å²) >= 11 is 1.13. The van der Waals surface area contributed by atoms with Gasteiger partial charge in [-0.2, -0.15) is 0 Å². The van der Waals surface area contributed by atoms with Crippen molar-refractivity contribution in [3.8, 4) is 22.1 Å². The Morgan fingerprint density at radius 1 is 1.00 bits per heavy atom. The summed E-state index contributed by atoms with van der Waals surface area (Å²) in [7, 11) is 0. The van der Waals surface area contributed by atoms with Gasteiger partial charge in [0.15, 0.2) is 10.8 Å². The Balaban J connectivity index is 1.88. The fourth-order valence-electron chi connectivity index (χ4n) is 2.41. The molecule has 2 aromatic carbocycles. The topological polar surface area (TPSA) is 78.9 Å². The number of aromatic amines is 1. The number of imidazole rings is 1. The molecule has 0 fully saturated rings. The van der Waals surface area contributed by atoms with Crippen LogP contribution in [-0.4, -0.2) is 26.0 Å². The molecule has 0 aliphatic rings. The van der Waals surface area contributed by atoms with Crippen molar-refractivity contribution in [2.24, 2.45) is 0 Å². The van der Waals surface area contributed by atoms with Crippen LogP contribution in [0.2, 0.25) is 0 Å². The molecule has 6 heteroatoms. The van der Waals surface area contributed by atoms with Crippen LogP contribution in [0.5, 0.6) is 0 Å². The average Bonchev–Trinajstić information content (AvgIpc) is 3.19. The van der Waals surface area contributed by atoms with Crippen LogP contribution in [0.25, 0.3) is 33.1 Å². The molecule has 4 aromatic rings. The Bertz CT molecular complexity index is 972. The van der Waals surface area contributed by atoms with Crippen LogP contribution in [-0.2, 0) is 0 Å². The highest BCUT2D eigenvalue weighted by Crippen LogP contribution is 2.33. The summed E-state index contributed by atoms with van der Waals surface area (Å²) in [5, 5.41) is 10.0. The molecule has 4 rings (SSSR count). The Labute approximate surface area is 135 Å². The number of H-pyrrole nitrogens is 1. The van der Waals surface area contributed by atoms with E-state index in [1.807, 2.05) is 54.6 Å². The number of hydrogen-bond acceptors (Lipinski definition) is 4. The third-order valence-electron chi connectivity index (χ3n) is 3.46. The van der Waals surface area contributed by atoms with E-state index in [4.69, 9.17) is 0 Å². The number of fused-ring (bicyclic) bond motifs is 1. The molecule has 2 heterocycles. The van der Waals surface area contributed by atoms with Crippen LogP contribution in [0.1, 0.15) is 9.67 Å². The van der Waals surface area contributed by atoms with Crippen LogP contribution in [0.3, 0.4) is 0 Å². The standard InChI is InChI=1S/C17H11N3O2S/c21-17(22)14-13(10-6-2-1-3-7-10)20-16(23-14)15-18-11-8-4-5-9-12(11)19-15/h1-9H,(H,18,19)(H,21,22). The zero-order chi connectivity index (χ0) is 15.8. The molecule has 0 atom stereocenters. The van der Waals surface area contributed by atoms with Gasteiger partial charge in [-0.1, -0.05) is 42.5 Å². The van der Waals surface area contributed by atoms with Crippen LogP contribution in [0.15, 0.2) is 54.6 Å². The highest BCUT2D eigenvalue weighted by Gasteiger charge is 2.21. The highest BCUT2D eigenvalue weighted by molar-refractivity contribution is 7.17. The maximum Gasteiger partial charge on any atom is 0.348 e. The van der Waals surface area contributed by atoms with E-state index in [9.17, 15) is 9.90 Å². The predicted molar refractivity (Wildman–Crippen MR) is 89.6 cm³/mol. The fraction of sp³-hybridized carbons (Fsp3) is 0. The maximum absolute atomic E-state index is 11.6. The normalized spacial score (nSPS) is 11.0. The second-order valence-corrected chi connectivity index (χ2v) is 5.97. The predicted octanol–water partition coefficient (Wildman–Crippen LogP) is 4.05. The summed E-state index contributed by atoms with van der Waals surface area (Å²) < 4.78 is 0. The number of aromatic carboxylic acids is 1. The van der Waals surface area contributed by atoms with E-state index in [1.165, 1.54) is 0 Å². The SMILES string of the molecule is O=C(O)c1sc(-c2nc3ccccc3[nH]2)nc1-c1ccccc1. The molecule has 0 spiro atoms. The Morgan fingerprint density at radius 2 is 1.74 bits per heavy atom. The molecule has 0 aliphatic carbocycles. The smallest absolute Gasteiger partial charge is 0.348 e. The van der Waals surface area contributed by atoms with Gasteiger partial charge in [0.2, 0.25) is 0 Å². The first-order chi connectivity index (χ1) is 11.2. The molecular weight excluding hydrogens is 310 g/mol. The first-order valence-corrected chi connectivity index (χ1v) is 7.78. The Hall–Kier alpha value is -2.99. The fourth-order valence-corrected chi connectivity index (χ4v) is 3.28. The van der Waals surface area contributed by atoms with Crippen molar-refractivity contribution in [3.05, 3.63) is 59.5 Å². The number of carboxylic acids is 1. The summed E-state index contributed by atoms with van der Waals surface area (Å²) in [6.07, 6.45) is 0. The van der Waals surface area contributed by atoms with Gasteiger partial charge in [-0.25, -0.2) is 14.8 Å². The molecule has 0 aliphatic heterocycles. The molecule has 0 amide bonds. The van der Waals surface area contributed by atoms with E-state index in [1.54, 1.807) is 0 Å². The van der Waals surface area contributed by atoms with Crippen molar-refractivity contribution in [2.45, 2.75) is 0 Å². The molecule has 0 unspecified atom stereocenters. The third-order valence-corrected chi connectivity index (χ3v) is 4.51. The molecular formula is C17H11N3O2S. The zero-order valence-corrected chi connectivity index (χ0v) is 12.7. The minimum atomic E-state index is -0.983. The molecule has 112 valence electrons. The Kier molecular flexibility index (Phi) is 3.17. The Morgan fingerprint density at radius 3 is 2.48 bits per heavy atom. The largest absolute Gasteiger partial charge is 0.477 e. The monoisotopic (exact) mass is 321 g/mol. The van der Waals surface area contributed by atoms with E-state index in [0.29, 0.717) is 16.5 Å². The lowest BCUT2D eigenvalue weighted by molar-refractivity contribution is 0.0702. The lowest BCUT2D eigenvalue weighted by atomic mass is 10.1. The maximum atomic E-state index is 11.6. The number of benzene rings is 2. The second kappa shape index (κ2) is 5.33. The molecule has 23 heavy (non-hydrogen) atoms. The number of carbonyl (C=O) groups is 1. The summed E-state index contributed by atoms with van der Waals surface area (Å²) in [4.78, 5) is 24.0. The van der Waals surface area contributed by atoms with Crippen LogP contribution in [0.4, 0.5) is 0 Å². The van der Waals surface area contributed by atoms with Gasteiger partial charge in [0.1, 0.15) is 4.88 Å². The van der Waals surface area contributed by atoms with Crippen molar-refractivity contribution < 1.29 is 9.90 Å².